The average molecular weight is 295 g/mol. The second kappa shape index (κ2) is 10.5. The highest BCUT2D eigenvalue weighted by Gasteiger charge is 2.22. The van der Waals surface area contributed by atoms with Gasteiger partial charge in [-0.2, -0.15) is 0 Å². The van der Waals surface area contributed by atoms with Crippen LogP contribution in [0.15, 0.2) is 0 Å². The van der Waals surface area contributed by atoms with E-state index < -0.39 is 6.10 Å². The fourth-order valence-electron chi connectivity index (χ4n) is 1.46. The minimum Gasteiger partial charge on any atom is -0.369 e. The quantitative estimate of drug-likeness (QED) is 0.687. The van der Waals surface area contributed by atoms with E-state index in [0.29, 0.717) is 19.1 Å². The zero-order valence-electron chi connectivity index (χ0n) is 13.0. The fraction of sp³-hybridized carbons (Fsp3) is 0.929. The highest BCUT2D eigenvalue weighted by molar-refractivity contribution is 5.85. The molecule has 5 heteroatoms. The van der Waals surface area contributed by atoms with Crippen LogP contribution in [0.4, 0.5) is 0 Å². The van der Waals surface area contributed by atoms with E-state index >= 15 is 0 Å². The van der Waals surface area contributed by atoms with E-state index in [9.17, 15) is 4.79 Å². The SMILES string of the molecule is CCC(N)(CC)CNC(=O)C(C)OCCC(C)C.Cl. The number of ether oxygens (including phenoxy) is 1. The molecule has 0 aromatic carbocycles. The van der Waals surface area contributed by atoms with Gasteiger partial charge in [0.25, 0.3) is 0 Å². The molecule has 1 amide bonds. The molecule has 0 fully saturated rings. The molecule has 1 unspecified atom stereocenters. The van der Waals surface area contributed by atoms with Gasteiger partial charge >= 0.3 is 0 Å². The standard InChI is InChI=1S/C14H30N2O2.ClH/c1-6-14(15,7-2)10-16-13(17)12(5)18-9-8-11(3)4;/h11-12H,6-10,15H2,1-5H3,(H,16,17);1H. The zero-order valence-corrected chi connectivity index (χ0v) is 13.8. The van der Waals surface area contributed by atoms with Crippen molar-refractivity contribution in [3.63, 3.8) is 0 Å². The van der Waals surface area contributed by atoms with Gasteiger partial charge in [0.15, 0.2) is 0 Å². The van der Waals surface area contributed by atoms with Gasteiger partial charge in [-0.25, -0.2) is 0 Å². The number of halogens is 1. The average Bonchev–Trinajstić information content (AvgIpc) is 2.34. The van der Waals surface area contributed by atoms with Gasteiger partial charge in [-0.1, -0.05) is 27.7 Å². The summed E-state index contributed by atoms with van der Waals surface area (Å²) in [6.07, 6.45) is 2.28. The number of amides is 1. The van der Waals surface area contributed by atoms with Crippen LogP contribution in [-0.4, -0.2) is 30.7 Å². The van der Waals surface area contributed by atoms with Gasteiger partial charge in [0, 0.05) is 18.7 Å². The first kappa shape index (κ1) is 21.0. The molecule has 0 heterocycles. The van der Waals surface area contributed by atoms with E-state index in [2.05, 4.69) is 19.2 Å². The summed E-state index contributed by atoms with van der Waals surface area (Å²) in [4.78, 5) is 11.8. The Labute approximate surface area is 124 Å². The van der Waals surface area contributed by atoms with Crippen molar-refractivity contribution in [2.75, 3.05) is 13.2 Å². The fourth-order valence-corrected chi connectivity index (χ4v) is 1.46. The highest BCUT2D eigenvalue weighted by Crippen LogP contribution is 2.09. The van der Waals surface area contributed by atoms with Gasteiger partial charge in [-0.05, 0) is 32.1 Å². The highest BCUT2D eigenvalue weighted by atomic mass is 35.5. The number of hydrogen-bond donors (Lipinski definition) is 2. The smallest absolute Gasteiger partial charge is 0.248 e. The van der Waals surface area contributed by atoms with E-state index in [0.717, 1.165) is 19.3 Å². The molecule has 0 saturated heterocycles. The summed E-state index contributed by atoms with van der Waals surface area (Å²) in [6, 6.07) is 0. The van der Waals surface area contributed by atoms with Gasteiger partial charge in [0.1, 0.15) is 6.10 Å². The van der Waals surface area contributed by atoms with Crippen molar-refractivity contribution in [2.24, 2.45) is 11.7 Å². The van der Waals surface area contributed by atoms with E-state index in [1.807, 2.05) is 13.8 Å². The normalized spacial score (nSPS) is 13.0. The molecule has 0 bridgehead atoms. The van der Waals surface area contributed by atoms with Crippen molar-refractivity contribution in [3.05, 3.63) is 0 Å². The maximum absolute atomic E-state index is 11.8. The molecule has 0 aromatic rings. The molecule has 0 aliphatic carbocycles. The molecule has 116 valence electrons. The van der Waals surface area contributed by atoms with Crippen molar-refractivity contribution in [2.45, 2.75) is 65.5 Å². The maximum atomic E-state index is 11.8. The number of carbonyl (C=O) groups excluding carboxylic acids is 1. The number of carbonyl (C=O) groups is 1. The number of hydrogen-bond acceptors (Lipinski definition) is 3. The second-order valence-electron chi connectivity index (χ2n) is 5.48. The molecule has 0 aliphatic heterocycles. The maximum Gasteiger partial charge on any atom is 0.248 e. The Bertz CT molecular complexity index is 244. The molecule has 0 aromatic heterocycles. The molecule has 0 radical (unpaired) electrons. The van der Waals surface area contributed by atoms with Gasteiger partial charge in [0.05, 0.1) is 0 Å². The van der Waals surface area contributed by atoms with Crippen LogP contribution in [0.1, 0.15) is 53.9 Å². The lowest BCUT2D eigenvalue weighted by Gasteiger charge is -2.27. The van der Waals surface area contributed by atoms with Crippen LogP contribution in [0.5, 0.6) is 0 Å². The Kier molecular flexibility index (Phi) is 11.6. The van der Waals surface area contributed by atoms with Crippen LogP contribution in [0.25, 0.3) is 0 Å². The van der Waals surface area contributed by atoms with Gasteiger partial charge in [-0.3, -0.25) is 4.79 Å². The minimum atomic E-state index is -0.401. The monoisotopic (exact) mass is 294 g/mol. The summed E-state index contributed by atoms with van der Waals surface area (Å²) in [5.41, 5.74) is 5.83. The van der Waals surface area contributed by atoms with E-state index in [1.165, 1.54) is 0 Å². The lowest BCUT2D eigenvalue weighted by molar-refractivity contribution is -0.132. The predicted molar refractivity (Wildman–Crippen MR) is 82.6 cm³/mol. The third-order valence-corrected chi connectivity index (χ3v) is 3.46. The third-order valence-electron chi connectivity index (χ3n) is 3.46. The molecular formula is C14H31ClN2O2. The Balaban J connectivity index is 0. The van der Waals surface area contributed by atoms with Crippen LogP contribution in [0.2, 0.25) is 0 Å². The molecule has 3 N–H and O–H groups in total. The molecule has 1 atom stereocenters. The van der Waals surface area contributed by atoms with Crippen LogP contribution in [-0.2, 0) is 9.53 Å². The molecule has 0 rings (SSSR count). The van der Waals surface area contributed by atoms with Gasteiger partial charge in [-0.15, -0.1) is 12.4 Å². The largest absolute Gasteiger partial charge is 0.369 e. The summed E-state index contributed by atoms with van der Waals surface area (Å²) in [7, 11) is 0. The van der Waals surface area contributed by atoms with E-state index in [4.69, 9.17) is 10.5 Å². The predicted octanol–water partition coefficient (Wildman–Crippen LogP) is 2.49. The van der Waals surface area contributed by atoms with Crippen molar-refractivity contribution >= 4 is 18.3 Å². The first-order chi connectivity index (χ1) is 8.34. The minimum absolute atomic E-state index is 0. The summed E-state index contributed by atoms with van der Waals surface area (Å²) in [5.74, 6) is 0.521. The topological polar surface area (TPSA) is 64.3 Å². The molecule has 4 nitrogen and oxygen atoms in total. The second-order valence-corrected chi connectivity index (χ2v) is 5.48. The van der Waals surface area contributed by atoms with Gasteiger partial charge < -0.3 is 15.8 Å². The molecule has 0 aliphatic rings. The lowest BCUT2D eigenvalue weighted by atomic mass is 9.94. The first-order valence-electron chi connectivity index (χ1n) is 7.02. The molecular weight excluding hydrogens is 264 g/mol. The van der Waals surface area contributed by atoms with Crippen molar-refractivity contribution in [1.82, 2.24) is 5.32 Å². The number of nitrogens with two attached hydrogens (primary N) is 1. The lowest BCUT2D eigenvalue weighted by Crippen LogP contribution is -2.51. The first-order valence-corrected chi connectivity index (χ1v) is 7.02. The molecule has 0 saturated carbocycles. The van der Waals surface area contributed by atoms with E-state index in [-0.39, 0.29) is 23.9 Å². The number of nitrogens with one attached hydrogen (secondary N) is 1. The van der Waals surface area contributed by atoms with Crippen LogP contribution >= 0.6 is 12.4 Å². The van der Waals surface area contributed by atoms with Crippen molar-refractivity contribution < 1.29 is 9.53 Å². The van der Waals surface area contributed by atoms with Crippen LogP contribution < -0.4 is 11.1 Å². The van der Waals surface area contributed by atoms with Crippen molar-refractivity contribution in [1.29, 1.82) is 0 Å². The summed E-state index contributed by atoms with van der Waals surface area (Å²) < 4.78 is 5.49. The molecule has 19 heavy (non-hydrogen) atoms. The third kappa shape index (κ3) is 9.25. The molecule has 0 spiro atoms. The summed E-state index contributed by atoms with van der Waals surface area (Å²) in [5, 5.41) is 2.87. The van der Waals surface area contributed by atoms with Gasteiger partial charge in [0.2, 0.25) is 5.91 Å². The van der Waals surface area contributed by atoms with E-state index in [1.54, 1.807) is 6.92 Å². The number of rotatable bonds is 9. The summed E-state index contributed by atoms with van der Waals surface area (Å²) >= 11 is 0. The Morgan fingerprint density at radius 3 is 2.21 bits per heavy atom. The van der Waals surface area contributed by atoms with Crippen LogP contribution in [0, 0.1) is 5.92 Å². The summed E-state index contributed by atoms with van der Waals surface area (Å²) in [6.45, 7) is 11.3. The Morgan fingerprint density at radius 1 is 1.26 bits per heavy atom. The van der Waals surface area contributed by atoms with Crippen LogP contribution in [0.3, 0.4) is 0 Å². The zero-order chi connectivity index (χ0) is 14.2. The Morgan fingerprint density at radius 2 is 1.79 bits per heavy atom. The van der Waals surface area contributed by atoms with Crippen molar-refractivity contribution in [3.8, 4) is 0 Å². The Hall–Kier alpha value is -0.320.